The van der Waals surface area contributed by atoms with Gasteiger partial charge in [-0.15, -0.1) is 0 Å². The number of carboxylic acid groups (broad SMARTS) is 1. The van der Waals surface area contributed by atoms with Crippen LogP contribution in [0.1, 0.15) is 42.6 Å². The monoisotopic (exact) mass is 468 g/mol. The van der Waals surface area contributed by atoms with Crippen LogP contribution < -0.4 is 14.8 Å². The molecule has 2 aromatic carbocycles. The molecule has 0 saturated heterocycles. The first-order valence-electron chi connectivity index (χ1n) is 10.6. The van der Waals surface area contributed by atoms with E-state index >= 15 is 0 Å². The molecule has 1 amide bonds. The number of aromatic carboxylic acids is 1. The first-order chi connectivity index (χ1) is 15.9. The number of halogens is 1. The maximum absolute atomic E-state index is 12.3. The molecular weight excluding hydrogens is 444 g/mol. The van der Waals surface area contributed by atoms with Crippen molar-refractivity contribution in [1.29, 1.82) is 0 Å². The third-order valence-electron chi connectivity index (χ3n) is 4.93. The molecule has 8 heteroatoms. The van der Waals surface area contributed by atoms with E-state index in [1.54, 1.807) is 48.5 Å². The number of benzene rings is 2. The molecule has 172 valence electrons. The van der Waals surface area contributed by atoms with Gasteiger partial charge in [0, 0.05) is 18.3 Å². The Labute approximate surface area is 197 Å². The highest BCUT2D eigenvalue weighted by Gasteiger charge is 2.13. The molecule has 0 aliphatic heterocycles. The number of carboxylic acids is 1. The fourth-order valence-corrected chi connectivity index (χ4v) is 3.34. The van der Waals surface area contributed by atoms with Crippen LogP contribution in [0.3, 0.4) is 0 Å². The Balaban J connectivity index is 1.60. The summed E-state index contributed by atoms with van der Waals surface area (Å²) in [6.45, 7) is 4.14. The van der Waals surface area contributed by atoms with E-state index in [2.05, 4.69) is 24.1 Å². The number of ether oxygens (including phenoxy) is 2. The molecule has 0 saturated carbocycles. The highest BCUT2D eigenvalue weighted by molar-refractivity contribution is 6.32. The van der Waals surface area contributed by atoms with E-state index in [0.717, 1.165) is 12.8 Å². The molecule has 1 aromatic heterocycles. The fraction of sp³-hybridized carbons (Fsp3) is 0.240. The highest BCUT2D eigenvalue weighted by atomic mass is 35.5. The van der Waals surface area contributed by atoms with Crippen LogP contribution in [-0.4, -0.2) is 28.1 Å². The molecule has 0 atom stereocenters. The van der Waals surface area contributed by atoms with E-state index in [0.29, 0.717) is 28.0 Å². The summed E-state index contributed by atoms with van der Waals surface area (Å²) in [4.78, 5) is 27.8. The summed E-state index contributed by atoms with van der Waals surface area (Å²) in [6.07, 6.45) is 3.51. The van der Waals surface area contributed by atoms with Gasteiger partial charge in [-0.3, -0.25) is 4.79 Å². The van der Waals surface area contributed by atoms with Gasteiger partial charge in [-0.2, -0.15) is 0 Å². The van der Waals surface area contributed by atoms with Crippen molar-refractivity contribution in [2.45, 2.75) is 39.2 Å². The van der Waals surface area contributed by atoms with Gasteiger partial charge in [-0.1, -0.05) is 43.6 Å². The average molecular weight is 469 g/mol. The number of para-hydroxylation sites is 1. The number of anilines is 1. The number of hydrogen-bond donors (Lipinski definition) is 2. The van der Waals surface area contributed by atoms with E-state index in [4.69, 9.17) is 21.1 Å². The van der Waals surface area contributed by atoms with Gasteiger partial charge in [-0.25, -0.2) is 9.78 Å². The minimum absolute atomic E-state index is 0.0286. The van der Waals surface area contributed by atoms with Crippen molar-refractivity contribution in [2.24, 2.45) is 0 Å². The lowest BCUT2D eigenvalue weighted by Crippen LogP contribution is -2.16. The van der Waals surface area contributed by atoms with Crippen LogP contribution in [0.15, 0.2) is 60.8 Å². The topological polar surface area (TPSA) is 97.8 Å². The summed E-state index contributed by atoms with van der Waals surface area (Å²) < 4.78 is 11.6. The Morgan fingerprint density at radius 2 is 1.85 bits per heavy atom. The van der Waals surface area contributed by atoms with Crippen molar-refractivity contribution in [3.8, 4) is 17.4 Å². The largest absolute Gasteiger partial charge is 0.490 e. The predicted molar refractivity (Wildman–Crippen MR) is 126 cm³/mol. The van der Waals surface area contributed by atoms with Crippen molar-refractivity contribution in [2.75, 3.05) is 5.32 Å². The van der Waals surface area contributed by atoms with E-state index < -0.39 is 5.97 Å². The number of nitrogens with zero attached hydrogens (tertiary/aromatic N) is 1. The van der Waals surface area contributed by atoms with Crippen molar-refractivity contribution in [1.82, 2.24) is 4.98 Å². The number of carbonyl (C=O) groups excluding carboxylic acids is 1. The average Bonchev–Trinajstić information content (AvgIpc) is 2.80. The summed E-state index contributed by atoms with van der Waals surface area (Å²) in [7, 11) is 0. The Morgan fingerprint density at radius 3 is 2.48 bits per heavy atom. The zero-order chi connectivity index (χ0) is 23.8. The van der Waals surface area contributed by atoms with Crippen LogP contribution in [0.25, 0.3) is 0 Å². The van der Waals surface area contributed by atoms with Crippen molar-refractivity contribution < 1.29 is 24.2 Å². The quantitative estimate of drug-likeness (QED) is 0.380. The molecule has 7 nitrogen and oxygen atoms in total. The van der Waals surface area contributed by atoms with E-state index in [1.165, 1.54) is 12.3 Å². The second kappa shape index (κ2) is 11.3. The van der Waals surface area contributed by atoms with E-state index in [1.807, 2.05) is 0 Å². The molecule has 0 fully saturated rings. The molecule has 0 radical (unpaired) electrons. The summed E-state index contributed by atoms with van der Waals surface area (Å²) in [5, 5.41) is 12.2. The van der Waals surface area contributed by atoms with Gasteiger partial charge < -0.3 is 19.9 Å². The van der Waals surface area contributed by atoms with Crippen LogP contribution in [-0.2, 0) is 11.2 Å². The predicted octanol–water partition coefficient (Wildman–Crippen LogP) is 5.97. The van der Waals surface area contributed by atoms with Crippen LogP contribution in [0.4, 0.5) is 5.69 Å². The normalized spacial score (nSPS) is 10.7. The van der Waals surface area contributed by atoms with Gasteiger partial charge in [0.1, 0.15) is 11.5 Å². The van der Waals surface area contributed by atoms with Gasteiger partial charge in [0.25, 0.3) is 0 Å². The highest BCUT2D eigenvalue weighted by Crippen LogP contribution is 2.32. The summed E-state index contributed by atoms with van der Waals surface area (Å²) >= 11 is 6.33. The Bertz CT molecular complexity index is 1110. The molecule has 1 heterocycles. The van der Waals surface area contributed by atoms with Crippen molar-refractivity contribution in [3.63, 3.8) is 0 Å². The van der Waals surface area contributed by atoms with Gasteiger partial charge in [0.05, 0.1) is 28.8 Å². The van der Waals surface area contributed by atoms with Gasteiger partial charge >= 0.3 is 5.97 Å². The Kier molecular flexibility index (Phi) is 8.27. The van der Waals surface area contributed by atoms with Crippen molar-refractivity contribution in [3.05, 3.63) is 76.9 Å². The molecule has 33 heavy (non-hydrogen) atoms. The third kappa shape index (κ3) is 6.70. The van der Waals surface area contributed by atoms with E-state index in [-0.39, 0.29) is 29.7 Å². The molecule has 0 unspecified atom stereocenters. The number of nitrogens with one attached hydrogen (secondary N) is 1. The van der Waals surface area contributed by atoms with Crippen LogP contribution in [0.5, 0.6) is 17.4 Å². The number of amides is 1. The smallest absolute Gasteiger partial charge is 0.337 e. The number of hydrogen-bond acceptors (Lipinski definition) is 5. The minimum Gasteiger partial charge on any atom is -0.490 e. The van der Waals surface area contributed by atoms with Crippen LogP contribution >= 0.6 is 11.6 Å². The lowest BCUT2D eigenvalue weighted by Gasteiger charge is -2.16. The van der Waals surface area contributed by atoms with Crippen LogP contribution in [0, 0.1) is 0 Å². The lowest BCUT2D eigenvalue weighted by molar-refractivity contribution is -0.115. The molecule has 3 aromatic rings. The van der Waals surface area contributed by atoms with Gasteiger partial charge in [0.15, 0.2) is 0 Å². The standard InChI is InChI=1S/C25H25ClN2O5/c1-3-17(4-2)32-18-10-11-22(20(26)14-18)33-24-12-9-16(15-27-24)13-23(29)28-21-8-6-5-7-19(21)25(30)31/h5-12,14-15,17H,3-4,13H2,1-2H3,(H,28,29)(H,30,31). The van der Waals surface area contributed by atoms with Crippen molar-refractivity contribution >= 4 is 29.2 Å². The minimum atomic E-state index is -1.11. The Morgan fingerprint density at radius 1 is 1.09 bits per heavy atom. The Hall–Kier alpha value is -3.58. The molecule has 0 spiro atoms. The zero-order valence-electron chi connectivity index (χ0n) is 18.4. The number of pyridine rings is 1. The SMILES string of the molecule is CCC(CC)Oc1ccc(Oc2ccc(CC(=O)Nc3ccccc3C(=O)O)cn2)c(Cl)c1. The summed E-state index contributed by atoms with van der Waals surface area (Å²) in [6, 6.07) is 14.8. The van der Waals surface area contributed by atoms with Gasteiger partial charge in [0.2, 0.25) is 11.8 Å². The molecule has 0 aliphatic carbocycles. The lowest BCUT2D eigenvalue weighted by atomic mass is 10.1. The first-order valence-corrected chi connectivity index (χ1v) is 11.0. The maximum atomic E-state index is 12.3. The van der Waals surface area contributed by atoms with Gasteiger partial charge in [-0.05, 0) is 42.7 Å². The molecule has 3 rings (SSSR count). The second-order valence-electron chi connectivity index (χ2n) is 7.33. The maximum Gasteiger partial charge on any atom is 0.337 e. The summed E-state index contributed by atoms with van der Waals surface area (Å²) in [5.74, 6) is -0.0132. The second-order valence-corrected chi connectivity index (χ2v) is 7.74. The molecular formula is C25H25ClN2O5. The van der Waals surface area contributed by atoms with Crippen LogP contribution in [0.2, 0.25) is 5.02 Å². The zero-order valence-corrected chi connectivity index (χ0v) is 19.1. The molecule has 2 N–H and O–H groups in total. The number of rotatable bonds is 10. The molecule has 0 aliphatic rings. The number of aromatic nitrogens is 1. The number of carbonyl (C=O) groups is 2. The molecule has 0 bridgehead atoms. The first kappa shape index (κ1) is 24.1. The third-order valence-corrected chi connectivity index (χ3v) is 5.22. The van der Waals surface area contributed by atoms with E-state index in [9.17, 15) is 14.7 Å². The fourth-order valence-electron chi connectivity index (χ4n) is 3.13. The summed E-state index contributed by atoms with van der Waals surface area (Å²) in [5.41, 5.74) is 0.919.